The average molecular weight is 221 g/mol. The summed E-state index contributed by atoms with van der Waals surface area (Å²) < 4.78 is 0. The third-order valence-corrected chi connectivity index (χ3v) is 5.29. The van der Waals surface area contributed by atoms with Crippen LogP contribution in [0.2, 0.25) is 0 Å². The molecule has 92 valence electrons. The van der Waals surface area contributed by atoms with Crippen molar-refractivity contribution < 1.29 is 0 Å². The Morgan fingerprint density at radius 3 is 2.31 bits per heavy atom. The standard InChI is InChI=1S/C15H27N/c1-2-4-6-10-15-13(8-5-3-1)12-14-9-7-11-16(14)15/h13-15H,1-12H2/t13?,14-,15+/m1/s1. The molecular formula is C15H27N. The monoisotopic (exact) mass is 221 g/mol. The van der Waals surface area contributed by atoms with Crippen LogP contribution in [0.5, 0.6) is 0 Å². The smallest absolute Gasteiger partial charge is 0.0127 e. The zero-order chi connectivity index (χ0) is 10.8. The Labute approximate surface area is 101 Å². The molecule has 1 saturated carbocycles. The minimum absolute atomic E-state index is 0.991. The number of fused-ring (bicyclic) bond motifs is 3. The summed E-state index contributed by atoms with van der Waals surface area (Å²) in [6.07, 6.45) is 16.6. The van der Waals surface area contributed by atoms with Gasteiger partial charge in [0.05, 0.1) is 0 Å². The van der Waals surface area contributed by atoms with Gasteiger partial charge in [-0.2, -0.15) is 0 Å². The maximum Gasteiger partial charge on any atom is 0.0127 e. The van der Waals surface area contributed by atoms with Gasteiger partial charge in [-0.05, 0) is 44.6 Å². The lowest BCUT2D eigenvalue weighted by Crippen LogP contribution is -2.33. The Morgan fingerprint density at radius 2 is 1.44 bits per heavy atom. The summed E-state index contributed by atoms with van der Waals surface area (Å²) in [6, 6.07) is 1.99. The highest BCUT2D eigenvalue weighted by molar-refractivity contribution is 4.96. The zero-order valence-electron chi connectivity index (χ0n) is 10.7. The van der Waals surface area contributed by atoms with Crippen molar-refractivity contribution in [1.29, 1.82) is 0 Å². The van der Waals surface area contributed by atoms with E-state index in [1.165, 1.54) is 70.8 Å². The first kappa shape index (κ1) is 11.1. The van der Waals surface area contributed by atoms with Crippen LogP contribution < -0.4 is 0 Å². The van der Waals surface area contributed by atoms with Crippen molar-refractivity contribution in [3.8, 4) is 0 Å². The van der Waals surface area contributed by atoms with E-state index >= 15 is 0 Å². The first-order valence-electron chi connectivity index (χ1n) is 7.71. The van der Waals surface area contributed by atoms with Crippen LogP contribution in [0, 0.1) is 5.92 Å². The predicted molar refractivity (Wildman–Crippen MR) is 68.6 cm³/mol. The summed E-state index contributed by atoms with van der Waals surface area (Å²) in [5.41, 5.74) is 0. The molecule has 2 saturated heterocycles. The van der Waals surface area contributed by atoms with Gasteiger partial charge < -0.3 is 0 Å². The van der Waals surface area contributed by atoms with Crippen molar-refractivity contribution in [2.24, 2.45) is 5.92 Å². The minimum atomic E-state index is 0.991. The Bertz CT molecular complexity index is 225. The van der Waals surface area contributed by atoms with Crippen LogP contribution in [0.3, 0.4) is 0 Å². The molecule has 2 heterocycles. The van der Waals surface area contributed by atoms with Gasteiger partial charge in [0, 0.05) is 12.1 Å². The highest BCUT2D eigenvalue weighted by Gasteiger charge is 2.42. The highest BCUT2D eigenvalue weighted by atomic mass is 15.2. The van der Waals surface area contributed by atoms with E-state index in [2.05, 4.69) is 4.90 Å². The van der Waals surface area contributed by atoms with Crippen molar-refractivity contribution in [2.75, 3.05) is 6.54 Å². The van der Waals surface area contributed by atoms with Crippen LogP contribution in [-0.2, 0) is 0 Å². The number of hydrogen-bond donors (Lipinski definition) is 0. The normalized spacial score (nSPS) is 41.6. The lowest BCUT2D eigenvalue weighted by Gasteiger charge is -2.28. The molecule has 3 atom stereocenters. The van der Waals surface area contributed by atoms with E-state index in [4.69, 9.17) is 0 Å². The third kappa shape index (κ3) is 2.16. The first-order valence-corrected chi connectivity index (χ1v) is 7.71. The molecule has 0 N–H and O–H groups in total. The summed E-state index contributed by atoms with van der Waals surface area (Å²) in [4.78, 5) is 2.90. The number of hydrogen-bond acceptors (Lipinski definition) is 1. The summed E-state index contributed by atoms with van der Waals surface area (Å²) in [6.45, 7) is 1.42. The van der Waals surface area contributed by atoms with Gasteiger partial charge in [-0.3, -0.25) is 4.90 Å². The van der Waals surface area contributed by atoms with E-state index in [0.717, 1.165) is 18.0 Å². The maximum atomic E-state index is 2.90. The van der Waals surface area contributed by atoms with Gasteiger partial charge in [0.1, 0.15) is 0 Å². The number of nitrogens with zero attached hydrogens (tertiary/aromatic N) is 1. The molecule has 1 aliphatic carbocycles. The second-order valence-electron chi connectivity index (χ2n) is 6.30. The van der Waals surface area contributed by atoms with Gasteiger partial charge in [-0.25, -0.2) is 0 Å². The summed E-state index contributed by atoms with van der Waals surface area (Å²) in [5.74, 6) is 1.07. The molecule has 0 spiro atoms. The van der Waals surface area contributed by atoms with E-state index in [1.54, 1.807) is 6.42 Å². The third-order valence-electron chi connectivity index (χ3n) is 5.29. The summed E-state index contributed by atoms with van der Waals surface area (Å²) in [5, 5.41) is 0. The average Bonchev–Trinajstić information content (AvgIpc) is 2.85. The second kappa shape index (κ2) is 5.08. The van der Waals surface area contributed by atoms with Gasteiger partial charge in [0.2, 0.25) is 0 Å². The molecule has 0 radical (unpaired) electrons. The molecule has 0 bridgehead atoms. The highest BCUT2D eigenvalue weighted by Crippen LogP contribution is 2.41. The SMILES string of the molecule is C1CCCC[C@H]2C(CCC1)C[C@H]1CCCN12. The van der Waals surface area contributed by atoms with E-state index in [0.29, 0.717) is 0 Å². The molecule has 3 aliphatic rings. The molecule has 3 fully saturated rings. The molecule has 0 amide bonds. The molecule has 0 aromatic rings. The molecule has 16 heavy (non-hydrogen) atoms. The topological polar surface area (TPSA) is 3.24 Å². The molecule has 0 aromatic heterocycles. The summed E-state index contributed by atoms with van der Waals surface area (Å²) in [7, 11) is 0. The first-order chi connectivity index (χ1) is 7.95. The fourth-order valence-electron chi connectivity index (χ4n) is 4.50. The lowest BCUT2D eigenvalue weighted by molar-refractivity contribution is 0.200. The van der Waals surface area contributed by atoms with Crippen LogP contribution >= 0.6 is 0 Å². The van der Waals surface area contributed by atoms with Crippen molar-refractivity contribution >= 4 is 0 Å². The fraction of sp³-hybridized carbons (Fsp3) is 1.00. The molecule has 1 heteroatoms. The number of rotatable bonds is 0. The van der Waals surface area contributed by atoms with Crippen LogP contribution in [-0.4, -0.2) is 23.5 Å². The van der Waals surface area contributed by atoms with Crippen molar-refractivity contribution in [3.63, 3.8) is 0 Å². The predicted octanol–water partition coefficient (Wildman–Crippen LogP) is 3.97. The second-order valence-corrected chi connectivity index (χ2v) is 6.30. The largest absolute Gasteiger partial charge is 0.297 e. The van der Waals surface area contributed by atoms with E-state index in [1.807, 2.05) is 0 Å². The van der Waals surface area contributed by atoms with Gasteiger partial charge >= 0.3 is 0 Å². The van der Waals surface area contributed by atoms with Gasteiger partial charge in [-0.1, -0.05) is 38.5 Å². The Morgan fingerprint density at radius 1 is 0.688 bits per heavy atom. The molecule has 1 unspecified atom stereocenters. The van der Waals surface area contributed by atoms with Crippen molar-refractivity contribution in [1.82, 2.24) is 4.90 Å². The lowest BCUT2D eigenvalue weighted by atomic mass is 9.87. The van der Waals surface area contributed by atoms with Crippen LogP contribution in [0.1, 0.15) is 70.6 Å². The van der Waals surface area contributed by atoms with Gasteiger partial charge in [-0.15, -0.1) is 0 Å². The van der Waals surface area contributed by atoms with Crippen LogP contribution in [0.25, 0.3) is 0 Å². The Hall–Kier alpha value is -0.0400. The fourth-order valence-corrected chi connectivity index (χ4v) is 4.50. The van der Waals surface area contributed by atoms with Crippen LogP contribution in [0.4, 0.5) is 0 Å². The molecule has 0 aromatic carbocycles. The molecule has 3 rings (SSSR count). The maximum absolute atomic E-state index is 2.90. The van der Waals surface area contributed by atoms with Crippen LogP contribution in [0.15, 0.2) is 0 Å². The van der Waals surface area contributed by atoms with Gasteiger partial charge in [0.15, 0.2) is 0 Å². The Balaban J connectivity index is 1.65. The van der Waals surface area contributed by atoms with E-state index in [9.17, 15) is 0 Å². The quantitative estimate of drug-likeness (QED) is 0.598. The molecule has 1 nitrogen and oxygen atoms in total. The minimum Gasteiger partial charge on any atom is -0.297 e. The molecular weight excluding hydrogens is 194 g/mol. The zero-order valence-corrected chi connectivity index (χ0v) is 10.7. The van der Waals surface area contributed by atoms with Crippen molar-refractivity contribution in [2.45, 2.75) is 82.7 Å². The van der Waals surface area contributed by atoms with E-state index < -0.39 is 0 Å². The van der Waals surface area contributed by atoms with E-state index in [-0.39, 0.29) is 0 Å². The molecule has 2 aliphatic heterocycles. The van der Waals surface area contributed by atoms with Gasteiger partial charge in [0.25, 0.3) is 0 Å². The Kier molecular flexibility index (Phi) is 3.51. The van der Waals surface area contributed by atoms with Crippen molar-refractivity contribution in [3.05, 3.63) is 0 Å². The summed E-state index contributed by atoms with van der Waals surface area (Å²) >= 11 is 0.